The van der Waals surface area contributed by atoms with Gasteiger partial charge in [-0.05, 0) is 36.2 Å². The van der Waals surface area contributed by atoms with E-state index >= 15 is 0 Å². The van der Waals surface area contributed by atoms with Crippen LogP contribution in [0.2, 0.25) is 10.2 Å². The van der Waals surface area contributed by atoms with Crippen molar-refractivity contribution in [3.8, 4) is 0 Å². The molecule has 0 saturated heterocycles. The Morgan fingerprint density at radius 1 is 1.14 bits per heavy atom. The molecule has 5 rings (SSSR count). The average Bonchev–Trinajstić information content (AvgIpc) is 3.26. The number of hydrogen-bond donors (Lipinski definition) is 2. The first kappa shape index (κ1) is 23.1. The van der Waals surface area contributed by atoms with Gasteiger partial charge >= 0.3 is 5.97 Å². The van der Waals surface area contributed by atoms with E-state index < -0.39 is 23.4 Å². The van der Waals surface area contributed by atoms with E-state index in [-0.39, 0.29) is 27.2 Å². The lowest BCUT2D eigenvalue weighted by Crippen LogP contribution is -2.25. The van der Waals surface area contributed by atoms with Gasteiger partial charge in [-0.2, -0.15) is 0 Å². The second-order valence-corrected chi connectivity index (χ2v) is 8.95. The van der Waals surface area contributed by atoms with Crippen molar-refractivity contribution < 1.29 is 14.3 Å². The van der Waals surface area contributed by atoms with Gasteiger partial charge < -0.3 is 15.3 Å². The van der Waals surface area contributed by atoms with E-state index in [0.717, 1.165) is 21.7 Å². The van der Waals surface area contributed by atoms with Crippen LogP contribution in [-0.2, 0) is 13.1 Å². The highest BCUT2D eigenvalue weighted by atomic mass is 35.5. The minimum atomic E-state index is -1.27. The van der Waals surface area contributed by atoms with Crippen LogP contribution in [-0.4, -0.2) is 25.4 Å². The van der Waals surface area contributed by atoms with E-state index in [0.29, 0.717) is 24.5 Å². The van der Waals surface area contributed by atoms with Gasteiger partial charge in [0.05, 0.1) is 11.7 Å². The van der Waals surface area contributed by atoms with Gasteiger partial charge in [-0.3, -0.25) is 9.20 Å². The molecule has 1 aliphatic rings. The van der Waals surface area contributed by atoms with Crippen LogP contribution in [0.3, 0.4) is 0 Å². The molecular formula is C24H18Cl2FN5O3. The lowest BCUT2D eigenvalue weighted by Gasteiger charge is -2.22. The number of fused-ring (bicyclic) bond motifs is 2. The Hall–Kier alpha value is -3.69. The summed E-state index contributed by atoms with van der Waals surface area (Å²) < 4.78 is 15.6. The van der Waals surface area contributed by atoms with Gasteiger partial charge in [-0.1, -0.05) is 47.5 Å². The molecule has 0 unspecified atom stereocenters. The lowest BCUT2D eigenvalue weighted by atomic mass is 10.1. The van der Waals surface area contributed by atoms with E-state index in [9.17, 15) is 19.1 Å². The van der Waals surface area contributed by atoms with Gasteiger partial charge in [-0.15, -0.1) is 0 Å². The Kier molecular flexibility index (Phi) is 5.82. The van der Waals surface area contributed by atoms with Crippen LogP contribution < -0.4 is 15.8 Å². The molecule has 178 valence electrons. The molecular weight excluding hydrogens is 496 g/mol. The third-order valence-electron chi connectivity index (χ3n) is 5.89. The van der Waals surface area contributed by atoms with Gasteiger partial charge in [0.2, 0.25) is 0 Å². The Bertz CT molecular complexity index is 1530. The van der Waals surface area contributed by atoms with Crippen molar-refractivity contribution in [2.45, 2.75) is 26.1 Å². The van der Waals surface area contributed by atoms with Crippen molar-refractivity contribution in [2.75, 3.05) is 10.2 Å². The van der Waals surface area contributed by atoms with E-state index in [4.69, 9.17) is 23.2 Å². The normalized spacial score (nSPS) is 13.7. The third-order valence-corrected chi connectivity index (χ3v) is 6.43. The number of nitrogens with zero attached hydrogens (tertiary/aromatic N) is 4. The van der Waals surface area contributed by atoms with Crippen molar-refractivity contribution >= 4 is 46.3 Å². The van der Waals surface area contributed by atoms with Gasteiger partial charge in [0.1, 0.15) is 21.6 Å². The number of pyridine rings is 2. The van der Waals surface area contributed by atoms with Crippen LogP contribution in [0, 0.1) is 5.82 Å². The van der Waals surface area contributed by atoms with Crippen LogP contribution in [0.15, 0.2) is 53.5 Å². The molecule has 1 aromatic carbocycles. The summed E-state index contributed by atoms with van der Waals surface area (Å²) in [5.74, 6) is -1.65. The summed E-state index contributed by atoms with van der Waals surface area (Å²) in [6, 6.07) is 11.4. The Morgan fingerprint density at radius 3 is 2.49 bits per heavy atom. The Balaban J connectivity index is 1.60. The first-order chi connectivity index (χ1) is 16.7. The quantitative estimate of drug-likeness (QED) is 0.365. The molecule has 8 nitrogen and oxygen atoms in total. The number of benzene rings is 1. The number of anilines is 2. The molecule has 1 atom stereocenters. The van der Waals surface area contributed by atoms with Gasteiger partial charge in [0, 0.05) is 24.8 Å². The monoisotopic (exact) mass is 513 g/mol. The number of rotatable bonds is 5. The smallest absolute Gasteiger partial charge is 0.356 e. The summed E-state index contributed by atoms with van der Waals surface area (Å²) in [6.07, 6.45) is 1.03. The average molecular weight is 514 g/mol. The second-order valence-electron chi connectivity index (χ2n) is 8.19. The van der Waals surface area contributed by atoms with Crippen molar-refractivity contribution in [2.24, 2.45) is 0 Å². The molecule has 0 aliphatic carbocycles. The maximum Gasteiger partial charge on any atom is 0.356 e. The summed E-state index contributed by atoms with van der Waals surface area (Å²) in [7, 11) is 0. The molecule has 0 bridgehead atoms. The molecule has 2 N–H and O–H groups in total. The number of halogens is 3. The molecule has 4 heterocycles. The molecule has 0 amide bonds. The first-order valence-corrected chi connectivity index (χ1v) is 11.4. The Labute approximate surface area is 208 Å². The summed E-state index contributed by atoms with van der Waals surface area (Å²) in [6.45, 7) is 2.75. The summed E-state index contributed by atoms with van der Waals surface area (Å²) in [5.41, 5.74) is 2.05. The van der Waals surface area contributed by atoms with Crippen molar-refractivity contribution in [3.63, 3.8) is 0 Å². The zero-order chi connectivity index (χ0) is 24.9. The largest absolute Gasteiger partial charge is 0.476 e. The van der Waals surface area contributed by atoms with Crippen LogP contribution in [0.5, 0.6) is 0 Å². The predicted molar refractivity (Wildman–Crippen MR) is 131 cm³/mol. The number of carboxylic acid groups (broad SMARTS) is 1. The zero-order valence-electron chi connectivity index (χ0n) is 18.3. The van der Waals surface area contributed by atoms with E-state index in [2.05, 4.69) is 15.3 Å². The number of nitrogens with one attached hydrogen (secondary N) is 1. The molecule has 0 saturated carbocycles. The van der Waals surface area contributed by atoms with Crippen LogP contribution in [0.4, 0.5) is 15.9 Å². The van der Waals surface area contributed by atoms with Gasteiger partial charge in [0.25, 0.3) is 5.56 Å². The number of carbonyl (C=O) groups is 1. The highest BCUT2D eigenvalue weighted by Gasteiger charge is 2.26. The predicted octanol–water partition coefficient (Wildman–Crippen LogP) is 4.93. The third kappa shape index (κ3) is 4.17. The van der Waals surface area contributed by atoms with Crippen LogP contribution in [0.25, 0.3) is 5.65 Å². The molecule has 35 heavy (non-hydrogen) atoms. The van der Waals surface area contributed by atoms with Crippen molar-refractivity contribution in [3.05, 3.63) is 97.4 Å². The lowest BCUT2D eigenvalue weighted by molar-refractivity contribution is 0.0691. The fourth-order valence-electron chi connectivity index (χ4n) is 4.23. The van der Waals surface area contributed by atoms with Gasteiger partial charge in [0.15, 0.2) is 11.5 Å². The Morgan fingerprint density at radius 2 is 1.83 bits per heavy atom. The summed E-state index contributed by atoms with van der Waals surface area (Å²) >= 11 is 12.3. The molecule has 0 spiro atoms. The highest BCUT2D eigenvalue weighted by Crippen LogP contribution is 2.32. The molecule has 1 aliphatic heterocycles. The van der Waals surface area contributed by atoms with Crippen LogP contribution >= 0.6 is 23.2 Å². The minimum Gasteiger partial charge on any atom is -0.476 e. The maximum absolute atomic E-state index is 14.6. The first-order valence-electron chi connectivity index (χ1n) is 10.6. The number of hydrogen-bond acceptors (Lipinski definition) is 6. The SMILES string of the molecule is C[C@@H](Nc1ccc(Cl)nc1C(=O)O)c1cc(F)cn2c(=O)c(Cl)c(N3Cc4ccccc4C3)nc12. The topological polar surface area (TPSA) is 99.8 Å². The molecule has 0 fully saturated rings. The summed E-state index contributed by atoms with van der Waals surface area (Å²) in [5, 5.41) is 12.4. The zero-order valence-corrected chi connectivity index (χ0v) is 19.8. The number of aromatic nitrogens is 3. The molecule has 11 heteroatoms. The number of carboxylic acids is 1. The maximum atomic E-state index is 14.6. The molecule has 4 aromatic rings. The second kappa shape index (κ2) is 8.83. The molecule has 3 aromatic heterocycles. The van der Waals surface area contributed by atoms with Crippen molar-refractivity contribution in [1.82, 2.24) is 14.4 Å². The summed E-state index contributed by atoms with van der Waals surface area (Å²) in [4.78, 5) is 35.2. The van der Waals surface area contributed by atoms with E-state index in [1.54, 1.807) is 6.92 Å². The highest BCUT2D eigenvalue weighted by molar-refractivity contribution is 6.32. The van der Waals surface area contributed by atoms with Gasteiger partial charge in [-0.25, -0.2) is 19.2 Å². The standard InChI is InChI=1S/C24H18Cl2FN5O3/c1-12(28-17-6-7-18(25)29-20(17)24(34)35)16-8-15(27)11-32-21(16)30-22(19(26)23(32)33)31-9-13-4-2-3-5-14(13)10-31/h2-8,11-12,28H,9-10H2,1H3,(H,34,35)/t12-/m1/s1. The van der Waals surface area contributed by atoms with Crippen LogP contribution in [0.1, 0.15) is 40.1 Å². The van der Waals surface area contributed by atoms with Crippen molar-refractivity contribution in [1.29, 1.82) is 0 Å². The minimum absolute atomic E-state index is 0.0240. The van der Waals surface area contributed by atoms with E-state index in [1.807, 2.05) is 29.2 Å². The molecule has 0 radical (unpaired) electrons. The fraction of sp³-hybridized carbons (Fsp3) is 0.167. The number of aromatic carboxylic acids is 1. The fourth-order valence-corrected chi connectivity index (χ4v) is 4.64. The van der Waals surface area contributed by atoms with E-state index in [1.165, 1.54) is 18.2 Å².